The van der Waals surface area contributed by atoms with Gasteiger partial charge in [0.15, 0.2) is 0 Å². The standard InChI is InChI=1S/C12H14Br2N2O/c13-8-1-4-11(10(14)7-8)15-6-5-12(17)16-9-2-3-9/h1,4,7,9,15H,2-3,5-6H2,(H,16,17). The zero-order valence-corrected chi connectivity index (χ0v) is 12.5. The van der Waals surface area contributed by atoms with Crippen molar-refractivity contribution in [2.75, 3.05) is 11.9 Å². The van der Waals surface area contributed by atoms with E-state index < -0.39 is 0 Å². The monoisotopic (exact) mass is 360 g/mol. The molecule has 17 heavy (non-hydrogen) atoms. The van der Waals surface area contributed by atoms with Crippen LogP contribution in [0.4, 0.5) is 5.69 Å². The van der Waals surface area contributed by atoms with Crippen molar-refractivity contribution >= 4 is 43.5 Å². The third-order valence-electron chi connectivity index (χ3n) is 2.54. The number of carbonyl (C=O) groups is 1. The summed E-state index contributed by atoms with van der Waals surface area (Å²) >= 11 is 6.87. The van der Waals surface area contributed by atoms with Gasteiger partial charge in [-0.2, -0.15) is 0 Å². The van der Waals surface area contributed by atoms with Crippen LogP contribution < -0.4 is 10.6 Å². The molecule has 0 spiro atoms. The Kier molecular flexibility index (Phi) is 4.45. The summed E-state index contributed by atoms with van der Waals surface area (Å²) in [6.07, 6.45) is 2.79. The Morgan fingerprint density at radius 3 is 2.76 bits per heavy atom. The lowest BCUT2D eigenvalue weighted by Crippen LogP contribution is -2.27. The molecule has 1 aromatic carbocycles. The molecule has 0 unspecified atom stereocenters. The maximum absolute atomic E-state index is 11.5. The molecule has 3 nitrogen and oxygen atoms in total. The molecule has 0 saturated heterocycles. The molecule has 1 fully saturated rings. The van der Waals surface area contributed by atoms with Crippen molar-refractivity contribution < 1.29 is 4.79 Å². The molecule has 0 heterocycles. The SMILES string of the molecule is O=C(CCNc1ccc(Br)cc1Br)NC1CC1. The van der Waals surface area contributed by atoms with E-state index in [1.807, 2.05) is 18.2 Å². The number of hydrogen-bond acceptors (Lipinski definition) is 2. The minimum atomic E-state index is 0.133. The average molecular weight is 362 g/mol. The Labute approximate surface area is 118 Å². The Hall–Kier alpha value is -0.550. The molecule has 2 N–H and O–H groups in total. The van der Waals surface area contributed by atoms with Gasteiger partial charge in [0.2, 0.25) is 5.91 Å². The van der Waals surface area contributed by atoms with Crippen LogP contribution in [0, 0.1) is 0 Å². The number of rotatable bonds is 5. The van der Waals surface area contributed by atoms with Gasteiger partial charge in [0.1, 0.15) is 0 Å². The summed E-state index contributed by atoms with van der Waals surface area (Å²) in [5.41, 5.74) is 1.01. The number of carbonyl (C=O) groups excluding carboxylic acids is 1. The fourth-order valence-corrected chi connectivity index (χ4v) is 2.66. The molecular weight excluding hydrogens is 348 g/mol. The second-order valence-electron chi connectivity index (χ2n) is 4.14. The molecule has 5 heteroatoms. The lowest BCUT2D eigenvalue weighted by Gasteiger charge is -2.09. The maximum atomic E-state index is 11.5. The summed E-state index contributed by atoms with van der Waals surface area (Å²) < 4.78 is 2.02. The van der Waals surface area contributed by atoms with Crippen LogP contribution in [0.25, 0.3) is 0 Å². The first-order valence-corrected chi connectivity index (χ1v) is 7.22. The summed E-state index contributed by atoms with van der Waals surface area (Å²) in [6, 6.07) is 6.37. The molecule has 0 bridgehead atoms. The highest BCUT2D eigenvalue weighted by Crippen LogP contribution is 2.26. The molecule has 0 aromatic heterocycles. The molecule has 1 aliphatic rings. The molecule has 0 radical (unpaired) electrons. The van der Waals surface area contributed by atoms with E-state index in [1.54, 1.807) is 0 Å². The fourth-order valence-electron chi connectivity index (χ4n) is 1.47. The third-order valence-corrected chi connectivity index (χ3v) is 3.69. The van der Waals surface area contributed by atoms with Gasteiger partial charge in [0.25, 0.3) is 0 Å². The van der Waals surface area contributed by atoms with Crippen LogP contribution in [0.2, 0.25) is 0 Å². The van der Waals surface area contributed by atoms with E-state index in [4.69, 9.17) is 0 Å². The van der Waals surface area contributed by atoms with E-state index in [-0.39, 0.29) is 5.91 Å². The van der Waals surface area contributed by atoms with Crippen molar-refractivity contribution in [3.63, 3.8) is 0 Å². The number of anilines is 1. The molecule has 1 aliphatic carbocycles. The van der Waals surface area contributed by atoms with Gasteiger partial charge < -0.3 is 10.6 Å². The summed E-state index contributed by atoms with van der Waals surface area (Å²) in [7, 11) is 0. The van der Waals surface area contributed by atoms with E-state index in [9.17, 15) is 4.79 Å². The Morgan fingerprint density at radius 2 is 2.12 bits per heavy atom. The smallest absolute Gasteiger partial charge is 0.221 e. The van der Waals surface area contributed by atoms with Gasteiger partial charge >= 0.3 is 0 Å². The Bertz CT molecular complexity index is 419. The van der Waals surface area contributed by atoms with Crippen molar-refractivity contribution in [2.24, 2.45) is 0 Å². The van der Waals surface area contributed by atoms with E-state index in [0.29, 0.717) is 19.0 Å². The Balaban J connectivity index is 1.75. The van der Waals surface area contributed by atoms with Gasteiger partial charge in [-0.1, -0.05) is 15.9 Å². The van der Waals surface area contributed by atoms with E-state index in [2.05, 4.69) is 42.5 Å². The van der Waals surface area contributed by atoms with E-state index in [1.165, 1.54) is 0 Å². The van der Waals surface area contributed by atoms with Crippen LogP contribution in [-0.4, -0.2) is 18.5 Å². The van der Waals surface area contributed by atoms with Crippen molar-refractivity contribution in [3.05, 3.63) is 27.1 Å². The van der Waals surface area contributed by atoms with Crippen LogP contribution >= 0.6 is 31.9 Å². The van der Waals surface area contributed by atoms with Gasteiger partial charge in [0, 0.05) is 33.6 Å². The molecule has 2 rings (SSSR count). The van der Waals surface area contributed by atoms with Crippen LogP contribution in [-0.2, 0) is 4.79 Å². The van der Waals surface area contributed by atoms with Gasteiger partial charge in [-0.3, -0.25) is 4.79 Å². The minimum absolute atomic E-state index is 0.133. The first-order valence-electron chi connectivity index (χ1n) is 5.63. The lowest BCUT2D eigenvalue weighted by atomic mass is 10.3. The third kappa shape index (κ3) is 4.32. The zero-order valence-electron chi connectivity index (χ0n) is 9.30. The second-order valence-corrected chi connectivity index (χ2v) is 5.91. The van der Waals surface area contributed by atoms with Gasteiger partial charge in [0.05, 0.1) is 0 Å². The molecular formula is C12H14Br2N2O. The summed E-state index contributed by atoms with van der Waals surface area (Å²) in [5.74, 6) is 0.133. The lowest BCUT2D eigenvalue weighted by molar-refractivity contribution is -0.120. The van der Waals surface area contributed by atoms with Gasteiger partial charge in [-0.05, 0) is 47.0 Å². The number of nitrogens with one attached hydrogen (secondary N) is 2. The first-order chi connectivity index (χ1) is 8.15. The zero-order chi connectivity index (χ0) is 12.3. The summed E-state index contributed by atoms with van der Waals surface area (Å²) in [5, 5.41) is 6.20. The van der Waals surface area contributed by atoms with Crippen LogP contribution in [0.1, 0.15) is 19.3 Å². The largest absolute Gasteiger partial charge is 0.384 e. The minimum Gasteiger partial charge on any atom is -0.384 e. The predicted octanol–water partition coefficient (Wildman–Crippen LogP) is 3.29. The normalized spacial score (nSPS) is 14.5. The number of amides is 1. The quantitative estimate of drug-likeness (QED) is 0.844. The van der Waals surface area contributed by atoms with Crippen molar-refractivity contribution in [2.45, 2.75) is 25.3 Å². The van der Waals surface area contributed by atoms with Crippen molar-refractivity contribution in [1.82, 2.24) is 5.32 Å². The molecule has 0 atom stereocenters. The number of halogens is 2. The number of hydrogen-bond donors (Lipinski definition) is 2. The van der Waals surface area contributed by atoms with Crippen LogP contribution in [0.3, 0.4) is 0 Å². The van der Waals surface area contributed by atoms with Gasteiger partial charge in [-0.25, -0.2) is 0 Å². The Morgan fingerprint density at radius 1 is 1.35 bits per heavy atom. The molecule has 0 aliphatic heterocycles. The fraction of sp³-hybridized carbons (Fsp3) is 0.417. The summed E-state index contributed by atoms with van der Waals surface area (Å²) in [4.78, 5) is 11.5. The molecule has 1 aromatic rings. The van der Waals surface area contributed by atoms with Gasteiger partial charge in [-0.15, -0.1) is 0 Å². The summed E-state index contributed by atoms with van der Waals surface area (Å²) in [6.45, 7) is 0.652. The predicted molar refractivity (Wildman–Crippen MR) is 76.1 cm³/mol. The topological polar surface area (TPSA) is 41.1 Å². The number of benzene rings is 1. The van der Waals surface area contributed by atoms with E-state index >= 15 is 0 Å². The van der Waals surface area contributed by atoms with E-state index in [0.717, 1.165) is 27.5 Å². The average Bonchev–Trinajstić information content (AvgIpc) is 3.05. The van der Waals surface area contributed by atoms with Crippen molar-refractivity contribution in [1.29, 1.82) is 0 Å². The highest BCUT2D eigenvalue weighted by atomic mass is 79.9. The van der Waals surface area contributed by atoms with Crippen LogP contribution in [0.5, 0.6) is 0 Å². The van der Waals surface area contributed by atoms with Crippen LogP contribution in [0.15, 0.2) is 27.1 Å². The highest BCUT2D eigenvalue weighted by molar-refractivity contribution is 9.11. The molecule has 1 amide bonds. The maximum Gasteiger partial charge on any atom is 0.221 e. The second kappa shape index (κ2) is 5.87. The molecule has 1 saturated carbocycles. The highest BCUT2D eigenvalue weighted by Gasteiger charge is 2.22. The first kappa shape index (κ1) is 12.9. The van der Waals surface area contributed by atoms with Crippen molar-refractivity contribution in [3.8, 4) is 0 Å². The molecule has 92 valence electrons.